The molecule has 9 nitrogen and oxygen atoms in total. The first-order valence-electron chi connectivity index (χ1n) is 6.70. The van der Waals surface area contributed by atoms with Crippen molar-refractivity contribution in [3.8, 4) is 0 Å². The molecule has 0 aliphatic heterocycles. The van der Waals surface area contributed by atoms with Crippen LogP contribution in [0.15, 0.2) is 0 Å². The molecule has 0 bridgehead atoms. The lowest BCUT2D eigenvalue weighted by Crippen LogP contribution is -2.56. The zero-order chi connectivity index (χ0) is 17.3. The summed E-state index contributed by atoms with van der Waals surface area (Å²) < 4.78 is 9.03. The fraction of sp³-hybridized carbons (Fsp3) is 0.692. The Kier molecular flexibility index (Phi) is 8.58. The topological polar surface area (TPSA) is 123 Å². The van der Waals surface area contributed by atoms with Gasteiger partial charge in [0.05, 0.1) is 14.2 Å². The van der Waals surface area contributed by atoms with Gasteiger partial charge in [-0.15, -0.1) is 0 Å². The number of nitrogens with one attached hydrogen (secondary N) is 3. The molecule has 0 radical (unpaired) electrons. The number of carbonyl (C=O) groups is 4. The maximum absolute atomic E-state index is 12.2. The fourth-order valence-corrected chi connectivity index (χ4v) is 1.56. The van der Waals surface area contributed by atoms with Crippen molar-refractivity contribution in [1.29, 1.82) is 0 Å². The Morgan fingerprint density at radius 3 is 2.00 bits per heavy atom. The van der Waals surface area contributed by atoms with Gasteiger partial charge in [-0.3, -0.25) is 9.59 Å². The van der Waals surface area contributed by atoms with Crippen molar-refractivity contribution in [2.45, 2.75) is 32.9 Å². The highest BCUT2D eigenvalue weighted by Gasteiger charge is 2.29. The van der Waals surface area contributed by atoms with Crippen LogP contribution in [0.1, 0.15) is 20.8 Å². The van der Waals surface area contributed by atoms with Crippen LogP contribution >= 0.6 is 0 Å². The Bertz CT molecular complexity index is 424. The largest absolute Gasteiger partial charge is 0.467 e. The van der Waals surface area contributed by atoms with E-state index < -0.39 is 30.1 Å². The van der Waals surface area contributed by atoms with E-state index >= 15 is 0 Å². The smallest absolute Gasteiger partial charge is 0.407 e. The number of hydrogen-bond acceptors (Lipinski definition) is 6. The molecule has 0 saturated carbocycles. The summed E-state index contributed by atoms with van der Waals surface area (Å²) >= 11 is 0. The van der Waals surface area contributed by atoms with Gasteiger partial charge in [0, 0.05) is 13.5 Å². The van der Waals surface area contributed by atoms with Crippen LogP contribution in [0.3, 0.4) is 0 Å². The van der Waals surface area contributed by atoms with Gasteiger partial charge in [0.1, 0.15) is 12.1 Å². The van der Waals surface area contributed by atoms with Gasteiger partial charge in [0.15, 0.2) is 0 Å². The second-order valence-electron chi connectivity index (χ2n) is 4.88. The third-order valence-corrected chi connectivity index (χ3v) is 2.77. The van der Waals surface area contributed by atoms with E-state index in [1.54, 1.807) is 13.8 Å². The molecule has 3 N–H and O–H groups in total. The molecule has 126 valence electrons. The Morgan fingerprint density at radius 1 is 1.00 bits per heavy atom. The highest BCUT2D eigenvalue weighted by atomic mass is 16.5. The number of esters is 1. The third kappa shape index (κ3) is 6.91. The summed E-state index contributed by atoms with van der Waals surface area (Å²) in [6.07, 6.45) is -0.759. The molecular weight excluding hydrogens is 294 g/mol. The number of methoxy groups -OCH3 is 2. The average molecular weight is 317 g/mol. The number of ether oxygens (including phenoxy) is 2. The molecule has 0 aromatic heterocycles. The molecule has 0 rings (SSSR count). The molecule has 0 aliphatic rings. The second-order valence-corrected chi connectivity index (χ2v) is 4.88. The van der Waals surface area contributed by atoms with Gasteiger partial charge in [0.25, 0.3) is 0 Å². The number of amides is 3. The summed E-state index contributed by atoms with van der Waals surface area (Å²) in [5.74, 6) is -1.88. The Morgan fingerprint density at radius 2 is 1.59 bits per heavy atom. The predicted molar refractivity (Wildman–Crippen MR) is 76.8 cm³/mol. The van der Waals surface area contributed by atoms with E-state index in [2.05, 4.69) is 25.4 Å². The van der Waals surface area contributed by atoms with E-state index in [1.165, 1.54) is 21.1 Å². The van der Waals surface area contributed by atoms with Crippen molar-refractivity contribution in [2.24, 2.45) is 5.92 Å². The molecule has 22 heavy (non-hydrogen) atoms. The van der Waals surface area contributed by atoms with Crippen LogP contribution in [0.2, 0.25) is 0 Å². The fourth-order valence-electron chi connectivity index (χ4n) is 1.56. The summed E-state index contributed by atoms with van der Waals surface area (Å²) in [6.45, 7) is 4.62. The number of rotatable bonds is 7. The van der Waals surface area contributed by atoms with E-state index in [4.69, 9.17) is 0 Å². The number of hydrogen-bond donors (Lipinski definition) is 3. The first-order chi connectivity index (χ1) is 10.2. The minimum Gasteiger partial charge on any atom is -0.467 e. The van der Waals surface area contributed by atoms with Crippen LogP contribution in [0, 0.1) is 5.92 Å². The summed E-state index contributed by atoms with van der Waals surface area (Å²) in [6, 6.07) is -1.95. The molecule has 0 aromatic rings. The zero-order valence-electron chi connectivity index (χ0n) is 13.4. The van der Waals surface area contributed by atoms with Crippen LogP contribution in [-0.4, -0.2) is 56.7 Å². The van der Waals surface area contributed by atoms with Crippen molar-refractivity contribution in [1.82, 2.24) is 16.0 Å². The zero-order valence-corrected chi connectivity index (χ0v) is 13.4. The number of alkyl carbamates (subject to hydrolysis) is 1. The van der Waals surface area contributed by atoms with Gasteiger partial charge in [0.2, 0.25) is 11.8 Å². The minimum atomic E-state index is -1.05. The summed E-state index contributed by atoms with van der Waals surface area (Å²) in [5, 5.41) is 7.24. The monoisotopic (exact) mass is 317 g/mol. The van der Waals surface area contributed by atoms with E-state index in [0.29, 0.717) is 0 Å². The van der Waals surface area contributed by atoms with Crippen molar-refractivity contribution in [2.75, 3.05) is 20.8 Å². The van der Waals surface area contributed by atoms with Crippen molar-refractivity contribution >= 4 is 23.9 Å². The van der Waals surface area contributed by atoms with Crippen molar-refractivity contribution in [3.05, 3.63) is 0 Å². The molecule has 0 unspecified atom stereocenters. The summed E-state index contributed by atoms with van der Waals surface area (Å²) in [5.41, 5.74) is 0. The second kappa shape index (κ2) is 9.59. The lowest BCUT2D eigenvalue weighted by molar-refractivity contribution is -0.145. The van der Waals surface area contributed by atoms with Gasteiger partial charge in [-0.1, -0.05) is 13.8 Å². The normalized spacial score (nSPS) is 12.8. The van der Waals surface area contributed by atoms with Crippen LogP contribution in [0.5, 0.6) is 0 Å². The summed E-state index contributed by atoms with van der Waals surface area (Å²) in [4.78, 5) is 46.0. The third-order valence-electron chi connectivity index (χ3n) is 2.77. The molecular formula is C13H23N3O6. The minimum absolute atomic E-state index is 0.114. The molecule has 0 heterocycles. The van der Waals surface area contributed by atoms with Crippen LogP contribution in [0.25, 0.3) is 0 Å². The Hall–Kier alpha value is -2.32. The van der Waals surface area contributed by atoms with Crippen LogP contribution < -0.4 is 16.0 Å². The molecule has 0 fully saturated rings. The quantitative estimate of drug-likeness (QED) is 0.526. The lowest BCUT2D eigenvalue weighted by atomic mass is 10.0. The van der Waals surface area contributed by atoms with E-state index in [-0.39, 0.29) is 18.4 Å². The standard InChI is InChI=1S/C13H23N3O6/c1-7(2)10(16-13(20)22-5)11(18)15-9(12(19)21-4)6-14-8(3)17/h7,9-10H,6H2,1-5H3,(H,14,17)(H,15,18)(H,16,20)/t9-,10-/m0/s1. The van der Waals surface area contributed by atoms with Gasteiger partial charge in [-0.05, 0) is 5.92 Å². The average Bonchev–Trinajstić information content (AvgIpc) is 2.46. The van der Waals surface area contributed by atoms with Crippen LogP contribution in [0.4, 0.5) is 4.79 Å². The molecule has 0 aromatic carbocycles. The molecule has 2 atom stereocenters. The molecule has 3 amide bonds. The highest BCUT2D eigenvalue weighted by Crippen LogP contribution is 2.03. The predicted octanol–water partition coefficient (Wildman–Crippen LogP) is -0.839. The van der Waals surface area contributed by atoms with Crippen molar-refractivity contribution < 1.29 is 28.7 Å². The molecule has 9 heteroatoms. The highest BCUT2D eigenvalue weighted by molar-refractivity contribution is 5.90. The maximum atomic E-state index is 12.2. The number of carbonyl (C=O) groups excluding carboxylic acids is 4. The first kappa shape index (κ1) is 19.7. The van der Waals surface area contributed by atoms with Gasteiger partial charge in [-0.25, -0.2) is 9.59 Å². The van der Waals surface area contributed by atoms with Gasteiger partial charge < -0.3 is 25.4 Å². The van der Waals surface area contributed by atoms with E-state index in [0.717, 1.165) is 0 Å². The first-order valence-corrected chi connectivity index (χ1v) is 6.70. The van der Waals surface area contributed by atoms with Gasteiger partial charge >= 0.3 is 12.1 Å². The molecule has 0 spiro atoms. The van der Waals surface area contributed by atoms with E-state index in [9.17, 15) is 19.2 Å². The van der Waals surface area contributed by atoms with Crippen molar-refractivity contribution in [3.63, 3.8) is 0 Å². The Balaban J connectivity index is 4.90. The summed E-state index contributed by atoms with van der Waals surface area (Å²) in [7, 11) is 2.35. The molecule has 0 saturated heterocycles. The maximum Gasteiger partial charge on any atom is 0.407 e. The molecule has 0 aliphatic carbocycles. The Labute approximate surface area is 129 Å². The van der Waals surface area contributed by atoms with E-state index in [1.807, 2.05) is 0 Å². The lowest BCUT2D eigenvalue weighted by Gasteiger charge is -2.24. The van der Waals surface area contributed by atoms with Crippen LogP contribution in [-0.2, 0) is 23.9 Å². The SMILES string of the molecule is COC(=O)N[C@H](C(=O)N[C@@H](CNC(C)=O)C(=O)OC)C(C)C. The van der Waals surface area contributed by atoms with Gasteiger partial charge in [-0.2, -0.15) is 0 Å².